The van der Waals surface area contributed by atoms with Gasteiger partial charge in [0.25, 0.3) is 0 Å². The molecule has 3 saturated carbocycles. The smallest absolute Gasteiger partial charge is 0.338 e. The fourth-order valence-electron chi connectivity index (χ4n) is 7.71. The van der Waals surface area contributed by atoms with Crippen LogP contribution in [0.5, 0.6) is 0 Å². The van der Waals surface area contributed by atoms with Crippen molar-refractivity contribution in [3.8, 4) is 0 Å². The molecule has 0 aromatic heterocycles. The number of hydrogen-bond acceptors (Lipinski definition) is 5. The Kier molecular flexibility index (Phi) is 5.56. The second-order valence-electron chi connectivity index (χ2n) is 10.9. The molecule has 0 amide bonds. The topological polar surface area (TPSA) is 104 Å². The first-order valence-electron chi connectivity index (χ1n) is 12.1. The van der Waals surface area contributed by atoms with Gasteiger partial charge in [-0.05, 0) is 98.5 Å². The zero-order chi connectivity index (χ0) is 23.5. The maximum absolute atomic E-state index is 12.9. The van der Waals surface area contributed by atoms with E-state index in [1.165, 1.54) is 29.8 Å². The summed E-state index contributed by atoms with van der Waals surface area (Å²) < 4.78 is 29.0. The average molecular weight is 472 g/mol. The number of primary sulfonamides is 1. The lowest BCUT2D eigenvalue weighted by Gasteiger charge is -2.55. The molecule has 1 aromatic rings. The first-order valence-corrected chi connectivity index (χ1v) is 13.7. The second-order valence-corrected chi connectivity index (χ2v) is 12.5. The third-order valence-electron chi connectivity index (χ3n) is 9.22. The summed E-state index contributed by atoms with van der Waals surface area (Å²) in [5.74, 6) is 2.73. The molecule has 0 saturated heterocycles. The van der Waals surface area contributed by atoms with Crippen LogP contribution in [-0.2, 0) is 19.6 Å². The summed E-state index contributed by atoms with van der Waals surface area (Å²) in [5, 5.41) is 5.15. The van der Waals surface area contributed by atoms with E-state index in [1.807, 2.05) is 6.08 Å². The van der Waals surface area contributed by atoms with Crippen LogP contribution in [-0.4, -0.2) is 26.3 Å². The molecule has 0 radical (unpaired) electrons. The zero-order valence-corrected chi connectivity index (χ0v) is 20.1. The Morgan fingerprint density at radius 3 is 2.55 bits per heavy atom. The number of nitrogens with two attached hydrogens (primary N) is 1. The Labute approximate surface area is 196 Å². The molecule has 6 nitrogen and oxygen atoms in total. The van der Waals surface area contributed by atoms with Gasteiger partial charge in [-0.3, -0.25) is 4.79 Å². The van der Waals surface area contributed by atoms with Crippen molar-refractivity contribution in [3.63, 3.8) is 0 Å². The van der Waals surface area contributed by atoms with E-state index >= 15 is 0 Å². The quantitative estimate of drug-likeness (QED) is 0.664. The summed E-state index contributed by atoms with van der Waals surface area (Å²) >= 11 is 0. The number of allylic oxidation sites excluding steroid dienone is 1. The summed E-state index contributed by atoms with van der Waals surface area (Å²) in [6.45, 7) is 4.64. The van der Waals surface area contributed by atoms with Crippen LogP contribution in [0.3, 0.4) is 0 Å². The van der Waals surface area contributed by atoms with Gasteiger partial charge in [0.05, 0.1) is 10.5 Å². The van der Waals surface area contributed by atoms with Gasteiger partial charge in [-0.15, -0.1) is 0 Å². The molecule has 1 aromatic carbocycles. The van der Waals surface area contributed by atoms with Crippen molar-refractivity contribution in [3.05, 3.63) is 41.5 Å². The Balaban J connectivity index is 1.33. The summed E-state index contributed by atoms with van der Waals surface area (Å²) in [4.78, 5) is 24.9. The molecule has 5 rings (SSSR count). The lowest BCUT2D eigenvalue weighted by Crippen LogP contribution is -2.50. The number of esters is 1. The predicted octanol–water partition coefficient (Wildman–Crippen LogP) is 4.25. The highest BCUT2D eigenvalue weighted by molar-refractivity contribution is 7.89. The minimum atomic E-state index is -3.80. The zero-order valence-electron chi connectivity index (χ0n) is 19.3. The number of ketones is 1. The van der Waals surface area contributed by atoms with E-state index in [1.54, 1.807) is 0 Å². The molecule has 7 heteroatoms. The molecule has 2 N–H and O–H groups in total. The Morgan fingerprint density at radius 1 is 1.12 bits per heavy atom. The molecule has 0 heterocycles. The monoisotopic (exact) mass is 471 g/mol. The first-order chi connectivity index (χ1) is 15.6. The SMILES string of the molecule is C[C@@H]1CC2=CC(=O)CCC2C2CC[C@@]3(C)C(CC[C@@H]3OC(=O)c3ccc(S(N)(=O)=O)cc3)C21. The average Bonchev–Trinajstić information content (AvgIpc) is 3.09. The van der Waals surface area contributed by atoms with Gasteiger partial charge in [-0.1, -0.05) is 19.4 Å². The normalized spacial score (nSPS) is 38.0. The summed E-state index contributed by atoms with van der Waals surface area (Å²) in [7, 11) is -3.80. The van der Waals surface area contributed by atoms with E-state index in [-0.39, 0.29) is 22.2 Å². The molecule has 0 aliphatic heterocycles. The lowest BCUT2D eigenvalue weighted by atomic mass is 9.49. The fourth-order valence-corrected chi connectivity index (χ4v) is 8.23. The molecule has 7 atom stereocenters. The summed E-state index contributed by atoms with van der Waals surface area (Å²) in [5.41, 5.74) is 1.68. The lowest BCUT2D eigenvalue weighted by molar-refractivity contribution is -0.116. The third kappa shape index (κ3) is 3.87. The maximum Gasteiger partial charge on any atom is 0.338 e. The van der Waals surface area contributed by atoms with Crippen molar-refractivity contribution >= 4 is 21.8 Å². The van der Waals surface area contributed by atoms with E-state index < -0.39 is 16.0 Å². The number of ether oxygens (including phenoxy) is 1. The molecule has 4 aliphatic carbocycles. The standard InChI is InChI=1S/C26H33NO5S/c1-15-13-17-14-18(28)5-8-20(17)21-11-12-26(2)22(24(15)21)9-10-23(26)32-25(29)16-3-6-19(7-4-16)33(27,30)31/h3-4,6-7,14-15,20-24H,5,8-13H2,1-2H3,(H2,27,30,31)/t15-,20?,21?,22?,23+,24?,26+/m1/s1. The van der Waals surface area contributed by atoms with Gasteiger partial charge in [-0.2, -0.15) is 0 Å². The van der Waals surface area contributed by atoms with Crippen LogP contribution >= 0.6 is 0 Å². The maximum atomic E-state index is 12.9. The van der Waals surface area contributed by atoms with Crippen LogP contribution in [0.25, 0.3) is 0 Å². The van der Waals surface area contributed by atoms with Crippen molar-refractivity contribution < 1.29 is 22.7 Å². The van der Waals surface area contributed by atoms with E-state index in [0.29, 0.717) is 41.6 Å². The molecule has 3 fully saturated rings. The minimum absolute atomic E-state index is 0.0191. The fraction of sp³-hybridized carbons (Fsp3) is 0.615. The number of carbonyl (C=O) groups excluding carboxylic acids is 2. The van der Waals surface area contributed by atoms with Crippen molar-refractivity contribution in [1.29, 1.82) is 0 Å². The van der Waals surface area contributed by atoms with Gasteiger partial charge < -0.3 is 4.74 Å². The van der Waals surface area contributed by atoms with Crippen molar-refractivity contribution in [1.82, 2.24) is 0 Å². The molecule has 178 valence electrons. The largest absolute Gasteiger partial charge is 0.458 e. The summed E-state index contributed by atoms with van der Waals surface area (Å²) in [6, 6.07) is 5.63. The Morgan fingerprint density at radius 2 is 1.85 bits per heavy atom. The Bertz CT molecular complexity index is 1110. The molecule has 0 bridgehead atoms. The molecule has 4 unspecified atom stereocenters. The van der Waals surface area contributed by atoms with E-state index in [0.717, 1.165) is 38.5 Å². The van der Waals surface area contributed by atoms with Crippen LogP contribution in [0.1, 0.15) is 69.2 Å². The number of fused-ring (bicyclic) bond motifs is 5. The number of carbonyl (C=O) groups is 2. The number of benzene rings is 1. The number of sulfonamides is 1. The van der Waals surface area contributed by atoms with E-state index in [9.17, 15) is 18.0 Å². The molecular weight excluding hydrogens is 438 g/mol. The molecule has 33 heavy (non-hydrogen) atoms. The highest BCUT2D eigenvalue weighted by Crippen LogP contribution is 2.63. The van der Waals surface area contributed by atoms with Gasteiger partial charge in [0.15, 0.2) is 5.78 Å². The third-order valence-corrected chi connectivity index (χ3v) is 10.2. The van der Waals surface area contributed by atoms with Crippen molar-refractivity contribution in [2.75, 3.05) is 0 Å². The molecule has 4 aliphatic rings. The first kappa shape index (κ1) is 22.8. The van der Waals surface area contributed by atoms with Crippen LogP contribution in [0.2, 0.25) is 0 Å². The van der Waals surface area contributed by atoms with Gasteiger partial charge in [0.2, 0.25) is 10.0 Å². The number of hydrogen-bond donors (Lipinski definition) is 1. The summed E-state index contributed by atoms with van der Waals surface area (Å²) in [6.07, 6.45) is 8.58. The number of rotatable bonds is 3. The second kappa shape index (κ2) is 8.05. The van der Waals surface area contributed by atoms with Gasteiger partial charge in [0.1, 0.15) is 6.10 Å². The highest BCUT2D eigenvalue weighted by atomic mass is 32.2. The van der Waals surface area contributed by atoms with Gasteiger partial charge in [0, 0.05) is 11.8 Å². The minimum Gasteiger partial charge on any atom is -0.458 e. The van der Waals surface area contributed by atoms with E-state index in [4.69, 9.17) is 9.88 Å². The molecule has 0 spiro atoms. The van der Waals surface area contributed by atoms with Crippen LogP contribution in [0, 0.1) is 35.0 Å². The van der Waals surface area contributed by atoms with Crippen LogP contribution < -0.4 is 5.14 Å². The van der Waals surface area contributed by atoms with Gasteiger partial charge in [-0.25, -0.2) is 18.4 Å². The van der Waals surface area contributed by atoms with Crippen LogP contribution in [0.15, 0.2) is 40.8 Å². The van der Waals surface area contributed by atoms with Crippen molar-refractivity contribution in [2.24, 2.45) is 40.1 Å². The predicted molar refractivity (Wildman–Crippen MR) is 124 cm³/mol. The van der Waals surface area contributed by atoms with E-state index in [2.05, 4.69) is 13.8 Å². The Hall–Kier alpha value is -1.99. The van der Waals surface area contributed by atoms with Crippen molar-refractivity contribution in [2.45, 2.75) is 69.8 Å². The highest BCUT2D eigenvalue weighted by Gasteiger charge is 2.59. The van der Waals surface area contributed by atoms with Gasteiger partial charge >= 0.3 is 5.97 Å². The molecular formula is C26H33NO5S. The van der Waals surface area contributed by atoms with Crippen LogP contribution in [0.4, 0.5) is 0 Å².